The number of hydrogen-bond donors (Lipinski definition) is 3. The predicted octanol–water partition coefficient (Wildman–Crippen LogP) is 2.35. The van der Waals surface area contributed by atoms with Gasteiger partial charge in [-0.15, -0.1) is 0 Å². The molecule has 0 saturated carbocycles. The first-order valence-corrected chi connectivity index (χ1v) is 7.15. The summed E-state index contributed by atoms with van der Waals surface area (Å²) in [4.78, 5) is 18.9. The van der Waals surface area contributed by atoms with Gasteiger partial charge < -0.3 is 10.1 Å². The minimum atomic E-state index is -0.860. The van der Waals surface area contributed by atoms with E-state index in [2.05, 4.69) is 15.3 Å². The molecule has 3 rings (SSSR count). The van der Waals surface area contributed by atoms with Crippen molar-refractivity contribution in [3.05, 3.63) is 66.1 Å². The van der Waals surface area contributed by atoms with Crippen LogP contribution in [-0.2, 0) is 17.8 Å². The Hall–Kier alpha value is -2.66. The summed E-state index contributed by atoms with van der Waals surface area (Å²) < 4.78 is 0. The maximum Gasteiger partial charge on any atom is 0.321 e. The van der Waals surface area contributed by atoms with Gasteiger partial charge in [-0.1, -0.05) is 24.3 Å². The van der Waals surface area contributed by atoms with Crippen LogP contribution in [0.2, 0.25) is 0 Å². The van der Waals surface area contributed by atoms with Crippen LogP contribution in [0.25, 0.3) is 10.9 Å². The molecule has 3 aromatic rings. The largest absolute Gasteiger partial charge is 0.480 e. The summed E-state index contributed by atoms with van der Waals surface area (Å²) in [6.07, 6.45) is 4.00. The van der Waals surface area contributed by atoms with Crippen LogP contribution in [0, 0.1) is 0 Å². The number of carboxylic acid groups (broad SMARTS) is 1. The van der Waals surface area contributed by atoms with Gasteiger partial charge in [-0.25, -0.2) is 0 Å². The Balaban J connectivity index is 1.73. The number of H-pyrrole nitrogens is 1. The third-order valence-electron chi connectivity index (χ3n) is 3.65. The van der Waals surface area contributed by atoms with Crippen molar-refractivity contribution in [3.8, 4) is 0 Å². The molecular weight excluding hydrogens is 278 g/mol. The van der Waals surface area contributed by atoms with Crippen molar-refractivity contribution in [1.29, 1.82) is 0 Å². The van der Waals surface area contributed by atoms with E-state index in [1.807, 2.05) is 48.7 Å². The van der Waals surface area contributed by atoms with Crippen LogP contribution in [0.4, 0.5) is 0 Å². The second-order valence-corrected chi connectivity index (χ2v) is 5.16. The molecule has 1 atom stereocenters. The highest BCUT2D eigenvalue weighted by Gasteiger charge is 2.19. The number of hydrogen-bond acceptors (Lipinski definition) is 3. The van der Waals surface area contributed by atoms with Crippen LogP contribution in [0.3, 0.4) is 0 Å². The lowest BCUT2D eigenvalue weighted by Gasteiger charge is -2.13. The van der Waals surface area contributed by atoms with Gasteiger partial charge in [0.25, 0.3) is 0 Å². The fourth-order valence-corrected chi connectivity index (χ4v) is 2.50. The molecule has 1 aromatic carbocycles. The van der Waals surface area contributed by atoms with Crippen molar-refractivity contribution in [2.24, 2.45) is 0 Å². The third-order valence-corrected chi connectivity index (χ3v) is 3.65. The number of nitrogens with one attached hydrogen (secondary N) is 2. The Morgan fingerprint density at radius 1 is 1.23 bits per heavy atom. The third kappa shape index (κ3) is 3.15. The van der Waals surface area contributed by atoms with Crippen LogP contribution < -0.4 is 5.32 Å². The number of aliphatic carboxylic acids is 1. The van der Waals surface area contributed by atoms with E-state index >= 15 is 0 Å². The number of carbonyl (C=O) groups is 1. The summed E-state index contributed by atoms with van der Waals surface area (Å²) in [6.45, 7) is 0.431. The molecule has 2 heterocycles. The van der Waals surface area contributed by atoms with Gasteiger partial charge in [0.2, 0.25) is 0 Å². The quantitative estimate of drug-likeness (QED) is 0.652. The van der Waals surface area contributed by atoms with Gasteiger partial charge in [-0.05, 0) is 23.8 Å². The van der Waals surface area contributed by atoms with Gasteiger partial charge in [0.05, 0.1) is 5.69 Å². The molecule has 5 heteroatoms. The monoisotopic (exact) mass is 295 g/mol. The first-order valence-electron chi connectivity index (χ1n) is 7.15. The minimum Gasteiger partial charge on any atom is -0.480 e. The molecule has 5 nitrogen and oxygen atoms in total. The standard InChI is InChI=1S/C17H17N3O2/c21-17(22)16(20-11-13-5-3-4-8-18-13)9-12-10-19-15-7-2-1-6-14(12)15/h1-8,10,16,19-20H,9,11H2,(H,21,22)/t16-/m0/s1. The van der Waals surface area contributed by atoms with Crippen LogP contribution in [0.5, 0.6) is 0 Å². The van der Waals surface area contributed by atoms with E-state index in [9.17, 15) is 9.90 Å². The Morgan fingerprint density at radius 3 is 2.82 bits per heavy atom. The van der Waals surface area contributed by atoms with Gasteiger partial charge in [0, 0.05) is 36.3 Å². The average molecular weight is 295 g/mol. The molecule has 112 valence electrons. The molecule has 22 heavy (non-hydrogen) atoms. The Kier molecular flexibility index (Phi) is 4.16. The van der Waals surface area contributed by atoms with E-state index in [-0.39, 0.29) is 0 Å². The second-order valence-electron chi connectivity index (χ2n) is 5.16. The summed E-state index contributed by atoms with van der Waals surface area (Å²) in [5.41, 5.74) is 2.84. The minimum absolute atomic E-state index is 0.423. The van der Waals surface area contributed by atoms with Crippen molar-refractivity contribution in [2.45, 2.75) is 19.0 Å². The number of aromatic nitrogens is 2. The van der Waals surface area contributed by atoms with Gasteiger partial charge in [-0.2, -0.15) is 0 Å². The molecule has 0 aliphatic heterocycles. The summed E-state index contributed by atoms with van der Waals surface area (Å²) in [6, 6.07) is 12.8. The zero-order valence-corrected chi connectivity index (χ0v) is 12.0. The fourth-order valence-electron chi connectivity index (χ4n) is 2.50. The van der Waals surface area contributed by atoms with E-state index in [4.69, 9.17) is 0 Å². The Morgan fingerprint density at radius 2 is 2.05 bits per heavy atom. The van der Waals surface area contributed by atoms with Crippen LogP contribution in [-0.4, -0.2) is 27.1 Å². The number of pyridine rings is 1. The smallest absolute Gasteiger partial charge is 0.321 e. The molecular formula is C17H17N3O2. The molecule has 0 saturated heterocycles. The molecule has 0 radical (unpaired) electrons. The number of nitrogens with zero attached hydrogens (tertiary/aromatic N) is 1. The first kappa shape index (κ1) is 14.3. The zero-order chi connectivity index (χ0) is 15.4. The van der Waals surface area contributed by atoms with E-state index in [1.165, 1.54) is 0 Å². The topological polar surface area (TPSA) is 78.0 Å². The fraction of sp³-hybridized carbons (Fsp3) is 0.176. The van der Waals surface area contributed by atoms with Crippen molar-refractivity contribution in [3.63, 3.8) is 0 Å². The molecule has 3 N–H and O–H groups in total. The molecule has 0 spiro atoms. The maximum absolute atomic E-state index is 11.5. The summed E-state index contributed by atoms with van der Waals surface area (Å²) in [5, 5.41) is 13.6. The van der Waals surface area contributed by atoms with Crippen molar-refractivity contribution in [2.75, 3.05) is 0 Å². The lowest BCUT2D eigenvalue weighted by Crippen LogP contribution is -2.38. The summed E-state index contributed by atoms with van der Waals surface area (Å²) >= 11 is 0. The predicted molar refractivity (Wildman–Crippen MR) is 84.5 cm³/mol. The van der Waals surface area contributed by atoms with E-state index < -0.39 is 12.0 Å². The number of aromatic amines is 1. The van der Waals surface area contributed by atoms with Crippen molar-refractivity contribution in [1.82, 2.24) is 15.3 Å². The highest BCUT2D eigenvalue weighted by Crippen LogP contribution is 2.19. The number of rotatable bonds is 6. The van der Waals surface area contributed by atoms with E-state index in [0.29, 0.717) is 13.0 Å². The molecule has 0 bridgehead atoms. The highest BCUT2D eigenvalue weighted by atomic mass is 16.4. The van der Waals surface area contributed by atoms with Gasteiger partial charge in [0.15, 0.2) is 0 Å². The van der Waals surface area contributed by atoms with Gasteiger partial charge >= 0.3 is 5.97 Å². The molecule has 0 amide bonds. The average Bonchev–Trinajstić information content (AvgIpc) is 2.95. The number of benzene rings is 1. The van der Waals surface area contributed by atoms with Gasteiger partial charge in [-0.3, -0.25) is 15.1 Å². The van der Waals surface area contributed by atoms with Crippen molar-refractivity contribution >= 4 is 16.9 Å². The van der Waals surface area contributed by atoms with Crippen molar-refractivity contribution < 1.29 is 9.90 Å². The zero-order valence-electron chi connectivity index (χ0n) is 12.0. The SMILES string of the molecule is O=C(O)[C@H](Cc1c[nH]c2ccccc12)NCc1ccccn1. The number of carboxylic acids is 1. The Bertz CT molecular complexity index is 768. The first-order chi connectivity index (χ1) is 10.7. The van der Waals surface area contributed by atoms with Crippen LogP contribution in [0.15, 0.2) is 54.9 Å². The maximum atomic E-state index is 11.5. The Labute approximate surface area is 128 Å². The number of fused-ring (bicyclic) bond motifs is 1. The summed E-state index contributed by atoms with van der Waals surface area (Å²) in [5.74, 6) is -0.860. The van der Waals surface area contributed by atoms with Gasteiger partial charge in [0.1, 0.15) is 6.04 Å². The van der Waals surface area contributed by atoms with E-state index in [1.54, 1.807) is 6.20 Å². The van der Waals surface area contributed by atoms with E-state index in [0.717, 1.165) is 22.2 Å². The highest BCUT2D eigenvalue weighted by molar-refractivity contribution is 5.84. The molecule has 0 fully saturated rings. The van der Waals surface area contributed by atoms with Crippen LogP contribution in [0.1, 0.15) is 11.3 Å². The molecule has 0 aliphatic rings. The molecule has 2 aromatic heterocycles. The lowest BCUT2D eigenvalue weighted by atomic mass is 10.0. The molecule has 0 unspecified atom stereocenters. The normalized spacial score (nSPS) is 12.4. The number of para-hydroxylation sites is 1. The van der Waals surface area contributed by atoms with Crippen LogP contribution >= 0.6 is 0 Å². The lowest BCUT2D eigenvalue weighted by molar-refractivity contribution is -0.139. The second kappa shape index (κ2) is 6.41. The molecule has 0 aliphatic carbocycles. The summed E-state index contributed by atoms with van der Waals surface area (Å²) in [7, 11) is 0.